The van der Waals surface area contributed by atoms with Gasteiger partial charge >= 0.3 is 0 Å². The maximum Gasteiger partial charge on any atom is 0.211 e. The molecule has 0 saturated carbocycles. The van der Waals surface area contributed by atoms with Crippen molar-refractivity contribution in [1.82, 2.24) is 4.81 Å². The number of carbonyl (C=O) groups is 1. The number of nitrogens with zero attached hydrogens (tertiary/aromatic N) is 1. The Morgan fingerprint density at radius 3 is 2.00 bits per heavy atom. The molecule has 0 spiro atoms. The van der Waals surface area contributed by atoms with Gasteiger partial charge in [-0.3, -0.25) is 4.79 Å². The normalized spacial score (nSPS) is 21.7. The van der Waals surface area contributed by atoms with Crippen LogP contribution >= 0.6 is 0 Å². The maximum absolute atomic E-state index is 10.5. The highest BCUT2D eigenvalue weighted by molar-refractivity contribution is 6.05. The topological polar surface area (TPSA) is 32.3 Å². The predicted octanol–water partition coefficient (Wildman–Crippen LogP) is 3.53. The standard InChI is InChI=1S/C18H19BN2O/c1-13-2-4-14(5-3-13)17-10-11-18(21(17)19)15-6-8-16(9-7-15)20-12-22/h2-9,12,17-18H,10-11H2,1H3,(H,20,22). The minimum Gasteiger partial charge on any atom is -0.341 e. The molecule has 1 aliphatic rings. The molecule has 3 nitrogen and oxygen atoms in total. The van der Waals surface area contributed by atoms with E-state index in [1.165, 1.54) is 16.7 Å². The maximum atomic E-state index is 10.5. The van der Waals surface area contributed by atoms with Gasteiger partial charge in [-0.15, -0.1) is 0 Å². The smallest absolute Gasteiger partial charge is 0.211 e. The Hall–Kier alpha value is -2.07. The molecule has 2 aromatic rings. The molecule has 22 heavy (non-hydrogen) atoms. The van der Waals surface area contributed by atoms with Crippen molar-refractivity contribution in [1.29, 1.82) is 0 Å². The molecule has 1 saturated heterocycles. The summed E-state index contributed by atoms with van der Waals surface area (Å²) in [6, 6.07) is 17.0. The molecule has 1 amide bonds. The minimum absolute atomic E-state index is 0.219. The van der Waals surface area contributed by atoms with Crippen molar-refractivity contribution in [2.24, 2.45) is 0 Å². The third-order valence-electron chi connectivity index (χ3n) is 4.42. The minimum atomic E-state index is 0.219. The Labute approximate surface area is 132 Å². The first-order valence-corrected chi connectivity index (χ1v) is 7.59. The number of carbonyl (C=O) groups excluding carboxylic acids is 1. The lowest BCUT2D eigenvalue weighted by Gasteiger charge is -2.27. The lowest BCUT2D eigenvalue weighted by atomic mass is 10.0. The van der Waals surface area contributed by atoms with Crippen LogP contribution in [0.2, 0.25) is 0 Å². The molecule has 2 aromatic carbocycles. The number of benzene rings is 2. The molecule has 110 valence electrons. The van der Waals surface area contributed by atoms with Gasteiger partial charge in [-0.1, -0.05) is 42.0 Å². The van der Waals surface area contributed by atoms with Crippen LogP contribution in [-0.4, -0.2) is 19.2 Å². The number of hydrogen-bond acceptors (Lipinski definition) is 2. The molecule has 0 aromatic heterocycles. The van der Waals surface area contributed by atoms with Gasteiger partial charge in [-0.05, 0) is 43.0 Å². The van der Waals surface area contributed by atoms with Gasteiger partial charge in [0.2, 0.25) is 6.41 Å². The van der Waals surface area contributed by atoms with Crippen LogP contribution in [0.3, 0.4) is 0 Å². The molecule has 3 rings (SSSR count). The highest BCUT2D eigenvalue weighted by atomic mass is 16.1. The Morgan fingerprint density at radius 1 is 1.00 bits per heavy atom. The molecule has 2 unspecified atom stereocenters. The van der Waals surface area contributed by atoms with Crippen LogP contribution in [0.5, 0.6) is 0 Å². The van der Waals surface area contributed by atoms with Crippen molar-refractivity contribution in [3.63, 3.8) is 0 Å². The highest BCUT2D eigenvalue weighted by Crippen LogP contribution is 2.42. The van der Waals surface area contributed by atoms with Gasteiger partial charge in [0, 0.05) is 17.8 Å². The van der Waals surface area contributed by atoms with Gasteiger partial charge in [0.15, 0.2) is 7.98 Å². The quantitative estimate of drug-likeness (QED) is 0.690. The van der Waals surface area contributed by atoms with E-state index in [2.05, 4.69) is 36.5 Å². The van der Waals surface area contributed by atoms with Crippen molar-refractivity contribution in [3.8, 4) is 0 Å². The third-order valence-corrected chi connectivity index (χ3v) is 4.42. The fourth-order valence-electron chi connectivity index (χ4n) is 3.17. The van der Waals surface area contributed by atoms with Crippen LogP contribution in [-0.2, 0) is 4.79 Å². The van der Waals surface area contributed by atoms with Crippen molar-refractivity contribution >= 4 is 20.1 Å². The van der Waals surface area contributed by atoms with E-state index in [1.807, 2.05) is 29.1 Å². The summed E-state index contributed by atoms with van der Waals surface area (Å²) >= 11 is 0. The molecule has 1 fully saturated rings. The molecular formula is C18H19BN2O. The Bertz CT molecular complexity index is 639. The summed E-state index contributed by atoms with van der Waals surface area (Å²) in [5.74, 6) is 0. The van der Waals surface area contributed by atoms with E-state index in [-0.39, 0.29) is 12.1 Å². The SMILES string of the molecule is [B]N1C(c2ccc(C)cc2)CCC1c1ccc(NC=O)cc1. The first-order valence-electron chi connectivity index (χ1n) is 7.59. The predicted molar refractivity (Wildman–Crippen MR) is 89.6 cm³/mol. The van der Waals surface area contributed by atoms with Gasteiger partial charge < -0.3 is 10.1 Å². The van der Waals surface area contributed by atoms with E-state index in [0.717, 1.165) is 18.5 Å². The van der Waals surface area contributed by atoms with Gasteiger partial charge in [0.25, 0.3) is 0 Å². The van der Waals surface area contributed by atoms with Crippen LogP contribution in [0.15, 0.2) is 48.5 Å². The van der Waals surface area contributed by atoms with Gasteiger partial charge in [-0.2, -0.15) is 0 Å². The summed E-state index contributed by atoms with van der Waals surface area (Å²) in [7, 11) is 6.38. The van der Waals surface area contributed by atoms with E-state index in [0.29, 0.717) is 6.41 Å². The lowest BCUT2D eigenvalue weighted by molar-refractivity contribution is -0.105. The number of nitrogens with one attached hydrogen (secondary N) is 1. The average Bonchev–Trinajstić information content (AvgIpc) is 2.91. The summed E-state index contributed by atoms with van der Waals surface area (Å²) in [5, 5.41) is 2.65. The molecule has 2 atom stereocenters. The monoisotopic (exact) mass is 290 g/mol. The van der Waals surface area contributed by atoms with Gasteiger partial charge in [0.1, 0.15) is 0 Å². The molecule has 4 heteroatoms. The van der Waals surface area contributed by atoms with Crippen LogP contribution < -0.4 is 5.32 Å². The first kappa shape index (κ1) is 14.9. The average molecular weight is 290 g/mol. The molecule has 0 aliphatic carbocycles. The largest absolute Gasteiger partial charge is 0.341 e. The second-order valence-corrected chi connectivity index (χ2v) is 5.85. The summed E-state index contributed by atoms with van der Waals surface area (Å²) < 4.78 is 0. The lowest BCUT2D eigenvalue weighted by Crippen LogP contribution is -2.23. The Kier molecular flexibility index (Phi) is 4.30. The summed E-state index contributed by atoms with van der Waals surface area (Å²) in [4.78, 5) is 12.4. The fourth-order valence-corrected chi connectivity index (χ4v) is 3.17. The molecule has 1 aliphatic heterocycles. The van der Waals surface area contributed by atoms with Crippen LogP contribution in [0.25, 0.3) is 0 Å². The molecule has 2 radical (unpaired) electrons. The second kappa shape index (κ2) is 6.36. The Morgan fingerprint density at radius 2 is 1.50 bits per heavy atom. The fraction of sp³-hybridized carbons (Fsp3) is 0.278. The van der Waals surface area contributed by atoms with E-state index >= 15 is 0 Å². The van der Waals surface area contributed by atoms with Gasteiger partial charge in [-0.25, -0.2) is 0 Å². The van der Waals surface area contributed by atoms with Crippen LogP contribution in [0.1, 0.15) is 41.6 Å². The van der Waals surface area contributed by atoms with E-state index in [9.17, 15) is 4.79 Å². The second-order valence-electron chi connectivity index (χ2n) is 5.85. The number of amides is 1. The molecule has 1 heterocycles. The van der Waals surface area contributed by atoms with Crippen LogP contribution in [0, 0.1) is 6.92 Å². The van der Waals surface area contributed by atoms with Crippen molar-refractivity contribution < 1.29 is 4.79 Å². The Balaban J connectivity index is 1.76. The van der Waals surface area contributed by atoms with Crippen molar-refractivity contribution in [2.45, 2.75) is 31.8 Å². The zero-order valence-electron chi connectivity index (χ0n) is 12.7. The van der Waals surface area contributed by atoms with Crippen molar-refractivity contribution in [2.75, 3.05) is 5.32 Å². The van der Waals surface area contributed by atoms with Crippen molar-refractivity contribution in [3.05, 3.63) is 65.2 Å². The number of anilines is 1. The summed E-state index contributed by atoms with van der Waals surface area (Å²) in [6.45, 7) is 2.09. The summed E-state index contributed by atoms with van der Waals surface area (Å²) in [6.07, 6.45) is 2.78. The molecule has 1 N–H and O–H groups in total. The number of hydrogen-bond donors (Lipinski definition) is 1. The molecule has 0 bridgehead atoms. The van der Waals surface area contributed by atoms with Gasteiger partial charge in [0.05, 0.1) is 0 Å². The summed E-state index contributed by atoms with van der Waals surface area (Å²) in [5.41, 5.74) is 4.53. The van der Waals surface area contributed by atoms with E-state index in [1.54, 1.807) is 0 Å². The van der Waals surface area contributed by atoms with Crippen LogP contribution in [0.4, 0.5) is 5.69 Å². The zero-order valence-corrected chi connectivity index (χ0v) is 12.7. The molecular weight excluding hydrogens is 271 g/mol. The number of rotatable bonds is 4. The number of aryl methyl sites for hydroxylation is 1. The van der Waals surface area contributed by atoms with E-state index in [4.69, 9.17) is 7.98 Å². The third kappa shape index (κ3) is 2.92. The first-order chi connectivity index (χ1) is 10.7. The van der Waals surface area contributed by atoms with E-state index < -0.39 is 0 Å². The zero-order chi connectivity index (χ0) is 15.5. The highest BCUT2D eigenvalue weighted by Gasteiger charge is 2.31.